The van der Waals surface area contributed by atoms with Crippen LogP contribution in [0.4, 0.5) is 0 Å². The largest absolute Gasteiger partial charge is 0.494 e. The summed E-state index contributed by atoms with van der Waals surface area (Å²) in [6.45, 7) is 4.81. The fourth-order valence-corrected chi connectivity index (χ4v) is 4.12. The van der Waals surface area contributed by atoms with E-state index in [4.69, 9.17) is 4.74 Å². The Bertz CT molecular complexity index is 1070. The third kappa shape index (κ3) is 8.83. The number of ether oxygens (including phenoxy) is 1. The predicted octanol–water partition coefficient (Wildman–Crippen LogP) is 6.16. The highest BCUT2D eigenvalue weighted by molar-refractivity contribution is 9.10. The Morgan fingerprint density at radius 2 is 1.56 bits per heavy atom. The number of nitrogens with one attached hydrogen (secondary N) is 1. The average molecular weight is 552 g/mol. The van der Waals surface area contributed by atoms with Gasteiger partial charge in [0.1, 0.15) is 11.8 Å². The maximum absolute atomic E-state index is 13.6. The van der Waals surface area contributed by atoms with Crippen molar-refractivity contribution < 1.29 is 14.3 Å². The van der Waals surface area contributed by atoms with Crippen molar-refractivity contribution in [1.29, 1.82) is 0 Å². The van der Waals surface area contributed by atoms with E-state index < -0.39 is 6.04 Å². The summed E-state index contributed by atoms with van der Waals surface area (Å²) < 4.78 is 6.75. The minimum Gasteiger partial charge on any atom is -0.494 e. The third-order valence-electron chi connectivity index (χ3n) is 6.09. The number of rotatable bonds is 13. The highest BCUT2D eigenvalue weighted by Crippen LogP contribution is 2.19. The second-order valence-corrected chi connectivity index (χ2v) is 9.85. The summed E-state index contributed by atoms with van der Waals surface area (Å²) in [4.78, 5) is 28.8. The molecule has 2 atom stereocenters. The zero-order valence-electron chi connectivity index (χ0n) is 21.0. The second kappa shape index (κ2) is 14.4. The Kier molecular flexibility index (Phi) is 11.0. The summed E-state index contributed by atoms with van der Waals surface area (Å²) in [5.41, 5.74) is 1.99. The molecule has 3 aromatic rings. The lowest BCUT2D eigenvalue weighted by Gasteiger charge is -2.32. The van der Waals surface area contributed by atoms with Crippen LogP contribution in [0, 0.1) is 0 Å². The maximum Gasteiger partial charge on any atom is 0.243 e. The SMILES string of the molecule is CCC(C)NC(=O)C(Cc1ccccc1)N(Cc1ccc(Br)cc1)C(=O)CCCOc1ccccc1. The molecule has 36 heavy (non-hydrogen) atoms. The van der Waals surface area contributed by atoms with Gasteiger partial charge in [-0.25, -0.2) is 0 Å². The molecule has 5 nitrogen and oxygen atoms in total. The van der Waals surface area contributed by atoms with Gasteiger partial charge in [0.25, 0.3) is 0 Å². The first-order valence-corrected chi connectivity index (χ1v) is 13.3. The molecule has 190 valence electrons. The van der Waals surface area contributed by atoms with Crippen LogP contribution in [0.2, 0.25) is 0 Å². The molecular formula is C30H35BrN2O3. The Hall–Kier alpha value is -3.12. The zero-order valence-corrected chi connectivity index (χ0v) is 22.6. The molecule has 6 heteroatoms. The van der Waals surface area contributed by atoms with Crippen LogP contribution in [-0.4, -0.2) is 35.4 Å². The van der Waals surface area contributed by atoms with Crippen molar-refractivity contribution in [3.8, 4) is 5.75 Å². The minimum absolute atomic E-state index is 0.0275. The van der Waals surface area contributed by atoms with Gasteiger partial charge in [0.05, 0.1) is 6.61 Å². The van der Waals surface area contributed by atoms with Crippen LogP contribution < -0.4 is 10.1 Å². The molecule has 0 saturated heterocycles. The van der Waals surface area contributed by atoms with Gasteiger partial charge < -0.3 is 15.0 Å². The van der Waals surface area contributed by atoms with Crippen molar-refractivity contribution in [2.45, 2.75) is 58.2 Å². The van der Waals surface area contributed by atoms with Gasteiger partial charge in [-0.1, -0.05) is 83.5 Å². The lowest BCUT2D eigenvalue weighted by molar-refractivity contribution is -0.141. The van der Waals surface area contributed by atoms with Crippen molar-refractivity contribution in [2.75, 3.05) is 6.61 Å². The molecule has 3 aromatic carbocycles. The van der Waals surface area contributed by atoms with E-state index in [-0.39, 0.29) is 17.9 Å². The van der Waals surface area contributed by atoms with Crippen LogP contribution >= 0.6 is 15.9 Å². The summed E-state index contributed by atoms with van der Waals surface area (Å²) >= 11 is 3.47. The summed E-state index contributed by atoms with van der Waals surface area (Å²) in [5, 5.41) is 3.10. The molecule has 0 aromatic heterocycles. The van der Waals surface area contributed by atoms with E-state index in [1.54, 1.807) is 4.90 Å². The van der Waals surface area contributed by atoms with Gasteiger partial charge in [-0.3, -0.25) is 9.59 Å². The molecule has 3 rings (SSSR count). The summed E-state index contributed by atoms with van der Waals surface area (Å²) in [5.74, 6) is 0.598. The van der Waals surface area contributed by atoms with Crippen LogP contribution in [0.15, 0.2) is 89.4 Å². The molecule has 0 saturated carbocycles. The van der Waals surface area contributed by atoms with E-state index in [0.717, 1.165) is 27.8 Å². The van der Waals surface area contributed by atoms with Crippen LogP contribution in [0.25, 0.3) is 0 Å². The van der Waals surface area contributed by atoms with Crippen molar-refractivity contribution in [3.63, 3.8) is 0 Å². The Balaban J connectivity index is 1.80. The second-order valence-electron chi connectivity index (χ2n) is 8.94. The number of benzene rings is 3. The normalized spacial score (nSPS) is 12.4. The zero-order chi connectivity index (χ0) is 25.8. The van der Waals surface area contributed by atoms with Crippen LogP contribution in [0.5, 0.6) is 5.75 Å². The molecule has 0 radical (unpaired) electrons. The minimum atomic E-state index is -0.618. The predicted molar refractivity (Wildman–Crippen MR) is 148 cm³/mol. The van der Waals surface area contributed by atoms with E-state index in [1.165, 1.54) is 0 Å². The van der Waals surface area contributed by atoms with Gasteiger partial charge >= 0.3 is 0 Å². The Morgan fingerprint density at radius 1 is 0.917 bits per heavy atom. The topological polar surface area (TPSA) is 58.6 Å². The molecule has 0 aliphatic carbocycles. The molecule has 0 bridgehead atoms. The van der Waals surface area contributed by atoms with E-state index in [9.17, 15) is 9.59 Å². The number of halogens is 1. The van der Waals surface area contributed by atoms with Gasteiger partial charge in [-0.05, 0) is 55.2 Å². The highest BCUT2D eigenvalue weighted by Gasteiger charge is 2.30. The lowest BCUT2D eigenvalue weighted by atomic mass is 10.0. The monoisotopic (exact) mass is 550 g/mol. The van der Waals surface area contributed by atoms with E-state index >= 15 is 0 Å². The number of amides is 2. The Labute approximate surface area is 223 Å². The van der Waals surface area contributed by atoms with E-state index in [2.05, 4.69) is 21.2 Å². The standard InChI is InChI=1S/C30H35BrN2O3/c1-3-23(2)32-30(35)28(21-24-11-6-4-7-12-24)33(22-25-16-18-26(31)19-17-25)29(34)15-10-20-36-27-13-8-5-9-14-27/h4-9,11-14,16-19,23,28H,3,10,15,20-22H2,1-2H3,(H,32,35). The van der Waals surface area contributed by atoms with Gasteiger partial charge in [-0.2, -0.15) is 0 Å². The smallest absolute Gasteiger partial charge is 0.243 e. The molecule has 2 amide bonds. The van der Waals surface area contributed by atoms with Gasteiger partial charge in [0.15, 0.2) is 0 Å². The van der Waals surface area contributed by atoms with Gasteiger partial charge in [0, 0.05) is 29.9 Å². The summed E-state index contributed by atoms with van der Waals surface area (Å²) in [7, 11) is 0. The number of hydrogen-bond acceptors (Lipinski definition) is 3. The molecule has 1 N–H and O–H groups in total. The van der Waals surface area contributed by atoms with E-state index in [0.29, 0.717) is 32.4 Å². The number of hydrogen-bond donors (Lipinski definition) is 1. The molecular weight excluding hydrogens is 516 g/mol. The van der Waals surface area contributed by atoms with Crippen molar-refractivity contribution in [1.82, 2.24) is 10.2 Å². The third-order valence-corrected chi connectivity index (χ3v) is 6.61. The molecule has 0 fully saturated rings. The summed E-state index contributed by atoms with van der Waals surface area (Å²) in [6, 6.07) is 26.7. The average Bonchev–Trinajstić information content (AvgIpc) is 2.90. The van der Waals surface area contributed by atoms with Crippen molar-refractivity contribution >= 4 is 27.7 Å². The van der Waals surface area contributed by atoms with Gasteiger partial charge in [0.2, 0.25) is 11.8 Å². The molecule has 0 spiro atoms. The lowest BCUT2D eigenvalue weighted by Crippen LogP contribution is -2.52. The fourth-order valence-electron chi connectivity index (χ4n) is 3.86. The quantitative estimate of drug-likeness (QED) is 0.259. The van der Waals surface area contributed by atoms with Crippen LogP contribution in [0.1, 0.15) is 44.2 Å². The Morgan fingerprint density at radius 3 is 2.19 bits per heavy atom. The molecule has 0 aliphatic heterocycles. The van der Waals surface area contributed by atoms with Crippen LogP contribution in [0.3, 0.4) is 0 Å². The molecule has 0 aliphatic rings. The number of carbonyl (C=O) groups excluding carboxylic acids is 2. The number of nitrogens with zero attached hydrogens (tertiary/aromatic N) is 1. The van der Waals surface area contributed by atoms with Gasteiger partial charge in [-0.15, -0.1) is 0 Å². The maximum atomic E-state index is 13.6. The number of carbonyl (C=O) groups is 2. The first kappa shape index (κ1) is 27.5. The van der Waals surface area contributed by atoms with Crippen molar-refractivity contribution in [2.24, 2.45) is 0 Å². The highest BCUT2D eigenvalue weighted by atomic mass is 79.9. The van der Waals surface area contributed by atoms with Crippen LogP contribution in [-0.2, 0) is 22.6 Å². The first-order valence-electron chi connectivity index (χ1n) is 12.5. The van der Waals surface area contributed by atoms with Crippen molar-refractivity contribution in [3.05, 3.63) is 101 Å². The van der Waals surface area contributed by atoms with E-state index in [1.807, 2.05) is 98.8 Å². The first-order chi connectivity index (χ1) is 17.5. The molecule has 2 unspecified atom stereocenters. The number of para-hydroxylation sites is 1. The molecule has 0 heterocycles. The fraction of sp³-hybridized carbons (Fsp3) is 0.333. The summed E-state index contributed by atoms with van der Waals surface area (Å²) in [6.07, 6.45) is 2.13.